The fourth-order valence-corrected chi connectivity index (χ4v) is 3.71. The van der Waals surface area contributed by atoms with Crippen molar-refractivity contribution >= 4 is 33.9 Å². The van der Waals surface area contributed by atoms with Gasteiger partial charge in [0.05, 0.1) is 12.1 Å². The Morgan fingerprint density at radius 2 is 1.96 bits per heavy atom. The van der Waals surface area contributed by atoms with Gasteiger partial charge in [0.25, 0.3) is 0 Å². The Bertz CT molecular complexity index is 648. The van der Waals surface area contributed by atoms with Crippen LogP contribution in [0.25, 0.3) is 0 Å². The van der Waals surface area contributed by atoms with Gasteiger partial charge in [0, 0.05) is 10.7 Å². The second kappa shape index (κ2) is 6.02. The first kappa shape index (κ1) is 17.2. The van der Waals surface area contributed by atoms with Crippen molar-refractivity contribution in [2.24, 2.45) is 0 Å². The first-order valence-corrected chi connectivity index (χ1v) is 8.97. The number of anilines is 1. The third kappa shape index (κ3) is 3.14. The summed E-state index contributed by atoms with van der Waals surface area (Å²) in [5.41, 5.74) is -1.00. The summed E-state index contributed by atoms with van der Waals surface area (Å²) >= 11 is 3.36. The molecule has 0 atom stereocenters. The summed E-state index contributed by atoms with van der Waals surface area (Å²) in [7, 11) is 0. The molecule has 1 aromatic heterocycles. The van der Waals surface area contributed by atoms with Crippen molar-refractivity contribution in [3.63, 3.8) is 0 Å². The number of halogens is 1. The zero-order valence-electron chi connectivity index (χ0n) is 14.2. The van der Waals surface area contributed by atoms with E-state index in [4.69, 9.17) is 4.74 Å². The number of rotatable bonds is 1. The van der Waals surface area contributed by atoms with Crippen LogP contribution in [0.1, 0.15) is 46.5 Å². The molecule has 2 fully saturated rings. The van der Waals surface area contributed by atoms with E-state index >= 15 is 0 Å². The van der Waals surface area contributed by atoms with Gasteiger partial charge in [-0.1, -0.05) is 12.8 Å². The van der Waals surface area contributed by atoms with E-state index in [0.717, 1.165) is 30.2 Å². The highest BCUT2D eigenvalue weighted by Crippen LogP contribution is 2.43. The topological polar surface area (TPSA) is 62.7 Å². The maximum absolute atomic E-state index is 13.0. The molecule has 1 saturated carbocycles. The second-order valence-electron chi connectivity index (χ2n) is 7.45. The van der Waals surface area contributed by atoms with Crippen molar-refractivity contribution in [1.29, 1.82) is 0 Å². The number of carbonyl (C=O) groups is 2. The average molecular weight is 396 g/mol. The lowest BCUT2D eigenvalue weighted by molar-refractivity contribution is 0.0340. The summed E-state index contributed by atoms with van der Waals surface area (Å²) in [6.45, 7) is 5.75. The fourth-order valence-electron chi connectivity index (χ4n) is 3.47. The Morgan fingerprint density at radius 1 is 1.29 bits per heavy atom. The zero-order valence-corrected chi connectivity index (χ0v) is 15.8. The highest BCUT2D eigenvalue weighted by Gasteiger charge is 2.54. The summed E-state index contributed by atoms with van der Waals surface area (Å²) in [5, 5.41) is 0. The summed E-state index contributed by atoms with van der Waals surface area (Å²) in [6.07, 6.45) is 4.91. The largest absolute Gasteiger partial charge is 0.443 e. The number of urea groups is 1. The van der Waals surface area contributed by atoms with Gasteiger partial charge in [-0.05, 0) is 61.7 Å². The molecule has 3 rings (SSSR count). The molecule has 1 aliphatic carbocycles. The normalized spacial score (nSPS) is 20.1. The third-order valence-corrected chi connectivity index (χ3v) is 4.91. The highest BCUT2D eigenvalue weighted by atomic mass is 79.9. The van der Waals surface area contributed by atoms with E-state index in [1.807, 2.05) is 6.07 Å². The summed E-state index contributed by atoms with van der Waals surface area (Å²) < 4.78 is 6.26. The lowest BCUT2D eigenvalue weighted by Crippen LogP contribution is -2.45. The van der Waals surface area contributed by atoms with Crippen LogP contribution in [0.4, 0.5) is 15.4 Å². The highest BCUT2D eigenvalue weighted by molar-refractivity contribution is 9.10. The molecule has 0 aromatic carbocycles. The standard InChI is InChI=1S/C17H22BrN3O3/c1-16(2,3)24-15(23)20-11-17(8-4-5-9-17)21(14(20)22)13-7-6-12(18)10-19-13/h6-7,10H,4-5,8-9,11H2,1-3H3. The minimum Gasteiger partial charge on any atom is -0.443 e. The van der Waals surface area contributed by atoms with Crippen LogP contribution in [0.2, 0.25) is 0 Å². The van der Waals surface area contributed by atoms with Crippen LogP contribution in [0.15, 0.2) is 22.8 Å². The van der Waals surface area contributed by atoms with Crippen molar-refractivity contribution in [2.45, 2.75) is 57.6 Å². The molecule has 1 aromatic rings. The van der Waals surface area contributed by atoms with Gasteiger partial charge in [0.15, 0.2) is 0 Å². The summed E-state index contributed by atoms with van der Waals surface area (Å²) in [6, 6.07) is 3.32. The molecule has 0 unspecified atom stereocenters. The van der Waals surface area contributed by atoms with Gasteiger partial charge in [-0.25, -0.2) is 19.5 Å². The molecule has 7 heteroatoms. The van der Waals surface area contributed by atoms with Crippen LogP contribution in [0.3, 0.4) is 0 Å². The van der Waals surface area contributed by atoms with Gasteiger partial charge >= 0.3 is 12.1 Å². The Balaban J connectivity index is 1.93. The molecule has 0 N–H and O–H groups in total. The van der Waals surface area contributed by atoms with Gasteiger partial charge < -0.3 is 4.74 Å². The molecule has 24 heavy (non-hydrogen) atoms. The number of imide groups is 1. The van der Waals surface area contributed by atoms with Crippen molar-refractivity contribution < 1.29 is 14.3 Å². The number of amides is 3. The molecule has 130 valence electrons. The minimum absolute atomic E-state index is 0.346. The smallest absolute Gasteiger partial charge is 0.418 e. The third-order valence-electron chi connectivity index (χ3n) is 4.44. The van der Waals surface area contributed by atoms with Gasteiger partial charge in [-0.15, -0.1) is 0 Å². The minimum atomic E-state index is -0.635. The molecular formula is C17H22BrN3O3. The van der Waals surface area contributed by atoms with Gasteiger partial charge in [-0.3, -0.25) is 4.90 Å². The number of carbonyl (C=O) groups excluding carboxylic acids is 2. The maximum Gasteiger partial charge on any atom is 0.418 e. The molecule has 3 amide bonds. The molecule has 0 bridgehead atoms. The zero-order chi connectivity index (χ0) is 17.5. The molecule has 1 spiro atoms. The number of nitrogens with zero attached hydrogens (tertiary/aromatic N) is 3. The molecular weight excluding hydrogens is 374 g/mol. The van der Waals surface area contributed by atoms with E-state index in [9.17, 15) is 9.59 Å². The van der Waals surface area contributed by atoms with Crippen molar-refractivity contribution in [3.05, 3.63) is 22.8 Å². The summed E-state index contributed by atoms with van der Waals surface area (Å²) in [4.78, 5) is 32.7. The quantitative estimate of drug-likeness (QED) is 0.709. The van der Waals surface area contributed by atoms with Crippen molar-refractivity contribution in [1.82, 2.24) is 9.88 Å². The van der Waals surface area contributed by atoms with Crippen molar-refractivity contribution in [3.8, 4) is 0 Å². The second-order valence-corrected chi connectivity index (χ2v) is 8.37. The van der Waals surface area contributed by atoms with Crippen LogP contribution < -0.4 is 4.90 Å². The Hall–Kier alpha value is -1.63. The summed E-state index contributed by atoms with van der Waals surface area (Å²) in [5.74, 6) is 0.580. The molecule has 1 saturated heterocycles. The first-order chi connectivity index (χ1) is 11.2. The van der Waals surface area contributed by atoms with E-state index < -0.39 is 11.7 Å². The van der Waals surface area contributed by atoms with Crippen LogP contribution in [-0.4, -0.2) is 39.7 Å². The van der Waals surface area contributed by atoms with Crippen molar-refractivity contribution in [2.75, 3.05) is 11.4 Å². The number of hydrogen-bond acceptors (Lipinski definition) is 4. The molecule has 2 aliphatic rings. The van der Waals surface area contributed by atoms with E-state index in [1.165, 1.54) is 4.90 Å². The van der Waals surface area contributed by atoms with Crippen LogP contribution in [-0.2, 0) is 4.74 Å². The number of aromatic nitrogens is 1. The lowest BCUT2D eigenvalue weighted by Gasteiger charge is -2.32. The van der Waals surface area contributed by atoms with Gasteiger partial charge in [0.1, 0.15) is 11.4 Å². The maximum atomic E-state index is 13.0. The molecule has 1 aliphatic heterocycles. The van der Waals surface area contributed by atoms with Gasteiger partial charge in [0.2, 0.25) is 0 Å². The van der Waals surface area contributed by atoms with E-state index in [-0.39, 0.29) is 11.6 Å². The van der Waals surface area contributed by atoms with E-state index in [2.05, 4.69) is 20.9 Å². The SMILES string of the molecule is CC(C)(C)OC(=O)N1CC2(CCCC2)N(c2ccc(Br)cn2)C1=O. The van der Waals surface area contributed by atoms with E-state index in [1.54, 1.807) is 37.9 Å². The number of ether oxygens (including phenoxy) is 1. The molecule has 6 nitrogen and oxygen atoms in total. The molecule has 0 radical (unpaired) electrons. The van der Waals surface area contributed by atoms with Crippen LogP contribution in [0, 0.1) is 0 Å². The number of hydrogen-bond donors (Lipinski definition) is 0. The van der Waals surface area contributed by atoms with Crippen LogP contribution in [0.5, 0.6) is 0 Å². The Labute approximate surface area is 150 Å². The monoisotopic (exact) mass is 395 g/mol. The number of pyridine rings is 1. The van der Waals surface area contributed by atoms with Crippen LogP contribution >= 0.6 is 15.9 Å². The van der Waals surface area contributed by atoms with Gasteiger partial charge in [-0.2, -0.15) is 0 Å². The Morgan fingerprint density at radius 3 is 2.50 bits per heavy atom. The predicted octanol–water partition coefficient (Wildman–Crippen LogP) is 4.33. The first-order valence-electron chi connectivity index (χ1n) is 8.18. The lowest BCUT2D eigenvalue weighted by atomic mass is 9.97. The fraction of sp³-hybridized carbons (Fsp3) is 0.588. The Kier molecular flexibility index (Phi) is 4.32. The van der Waals surface area contributed by atoms with E-state index in [0.29, 0.717) is 12.4 Å². The molecule has 2 heterocycles. The predicted molar refractivity (Wildman–Crippen MR) is 94.0 cm³/mol. The average Bonchev–Trinajstić information content (AvgIpc) is 3.05.